The summed E-state index contributed by atoms with van der Waals surface area (Å²) < 4.78 is 13.3. The Labute approximate surface area is 162 Å². The van der Waals surface area contributed by atoms with Crippen LogP contribution >= 0.6 is 12.4 Å². The summed E-state index contributed by atoms with van der Waals surface area (Å²) in [6.45, 7) is 4.53. The zero-order chi connectivity index (χ0) is 18.4. The second-order valence-electron chi connectivity index (χ2n) is 7.37. The van der Waals surface area contributed by atoms with Gasteiger partial charge < -0.3 is 10.6 Å². The number of carbonyl (C=O) groups is 1. The van der Waals surface area contributed by atoms with Crippen LogP contribution in [-0.2, 0) is 4.79 Å². The molecule has 3 atom stereocenters. The Bertz CT molecular complexity index is 584. The standard InChI is InChI=1S/C19H31FN4O.ClH/c1-4-10-19(2,21)18(25)24(3)11-6-9-16-13-17(23-22-16)14-7-5-8-15(20)12-14;/h5,7-8,12,16-17,22-23H,4,6,9-11,13,21H2,1-3H3;1H. The number of benzene rings is 1. The third kappa shape index (κ3) is 6.20. The molecule has 1 aliphatic heterocycles. The van der Waals surface area contributed by atoms with Crippen molar-refractivity contribution < 1.29 is 9.18 Å². The predicted octanol–water partition coefficient (Wildman–Crippen LogP) is 2.91. The average molecular weight is 387 g/mol. The highest BCUT2D eigenvalue weighted by molar-refractivity contribution is 5.85. The smallest absolute Gasteiger partial charge is 0.242 e. The van der Waals surface area contributed by atoms with E-state index in [0.717, 1.165) is 31.2 Å². The van der Waals surface area contributed by atoms with E-state index in [0.29, 0.717) is 19.0 Å². The number of nitrogens with one attached hydrogen (secondary N) is 2. The van der Waals surface area contributed by atoms with Crippen molar-refractivity contribution in [2.45, 2.75) is 63.6 Å². The molecule has 4 N–H and O–H groups in total. The Kier molecular flexibility index (Phi) is 8.96. The fourth-order valence-electron chi connectivity index (χ4n) is 3.49. The second-order valence-corrected chi connectivity index (χ2v) is 7.37. The number of carbonyl (C=O) groups excluding carboxylic acids is 1. The molecule has 2 rings (SSSR count). The molecule has 148 valence electrons. The van der Waals surface area contributed by atoms with Crippen molar-refractivity contribution in [3.8, 4) is 0 Å². The van der Waals surface area contributed by atoms with Gasteiger partial charge in [-0.1, -0.05) is 25.5 Å². The van der Waals surface area contributed by atoms with Gasteiger partial charge in [-0.2, -0.15) is 0 Å². The number of rotatable bonds is 8. The molecule has 0 saturated carbocycles. The molecular weight excluding hydrogens is 355 g/mol. The Balaban J connectivity index is 0.00000338. The van der Waals surface area contributed by atoms with E-state index in [-0.39, 0.29) is 30.2 Å². The zero-order valence-electron chi connectivity index (χ0n) is 15.9. The van der Waals surface area contributed by atoms with Crippen molar-refractivity contribution in [3.63, 3.8) is 0 Å². The van der Waals surface area contributed by atoms with E-state index in [1.807, 2.05) is 20.0 Å². The molecule has 0 spiro atoms. The molecule has 26 heavy (non-hydrogen) atoms. The second kappa shape index (κ2) is 10.2. The molecule has 0 bridgehead atoms. The monoisotopic (exact) mass is 386 g/mol. The predicted molar refractivity (Wildman–Crippen MR) is 105 cm³/mol. The van der Waals surface area contributed by atoms with Crippen LogP contribution in [0.4, 0.5) is 4.39 Å². The molecular formula is C19H32ClFN4O. The van der Waals surface area contributed by atoms with E-state index in [9.17, 15) is 9.18 Å². The summed E-state index contributed by atoms with van der Waals surface area (Å²) in [4.78, 5) is 14.1. The maximum atomic E-state index is 13.3. The van der Waals surface area contributed by atoms with Gasteiger partial charge in [-0.25, -0.2) is 4.39 Å². The first-order valence-electron chi connectivity index (χ1n) is 9.14. The zero-order valence-corrected chi connectivity index (χ0v) is 16.7. The fourth-order valence-corrected chi connectivity index (χ4v) is 3.49. The van der Waals surface area contributed by atoms with Gasteiger partial charge in [0, 0.05) is 25.7 Å². The van der Waals surface area contributed by atoms with Crippen LogP contribution in [0.5, 0.6) is 0 Å². The van der Waals surface area contributed by atoms with Gasteiger partial charge in [-0.15, -0.1) is 12.4 Å². The first-order chi connectivity index (χ1) is 11.8. The lowest BCUT2D eigenvalue weighted by molar-refractivity contribution is -0.135. The van der Waals surface area contributed by atoms with E-state index in [1.54, 1.807) is 24.0 Å². The number of hydrazine groups is 1. The SMILES string of the molecule is CCCC(C)(N)C(=O)N(C)CCCC1CC(c2cccc(F)c2)NN1.Cl. The van der Waals surface area contributed by atoms with E-state index >= 15 is 0 Å². The molecule has 1 saturated heterocycles. The van der Waals surface area contributed by atoms with Crippen molar-refractivity contribution in [2.75, 3.05) is 13.6 Å². The van der Waals surface area contributed by atoms with Crippen molar-refractivity contribution in [2.24, 2.45) is 5.73 Å². The van der Waals surface area contributed by atoms with Crippen LogP contribution < -0.4 is 16.6 Å². The van der Waals surface area contributed by atoms with E-state index < -0.39 is 5.54 Å². The third-order valence-electron chi connectivity index (χ3n) is 4.88. The van der Waals surface area contributed by atoms with Gasteiger partial charge in [0.1, 0.15) is 5.82 Å². The van der Waals surface area contributed by atoms with Crippen molar-refractivity contribution >= 4 is 18.3 Å². The Morgan fingerprint density at radius 1 is 1.42 bits per heavy atom. The van der Waals surface area contributed by atoms with Crippen molar-refractivity contribution in [1.29, 1.82) is 0 Å². The number of halogens is 2. The summed E-state index contributed by atoms with van der Waals surface area (Å²) in [6.07, 6.45) is 4.35. The van der Waals surface area contributed by atoms with Gasteiger partial charge in [0.25, 0.3) is 0 Å². The van der Waals surface area contributed by atoms with Crippen molar-refractivity contribution in [3.05, 3.63) is 35.6 Å². The molecule has 3 unspecified atom stereocenters. The summed E-state index contributed by atoms with van der Waals surface area (Å²) in [5.74, 6) is -0.204. The largest absolute Gasteiger partial charge is 0.344 e. The first-order valence-corrected chi connectivity index (χ1v) is 9.14. The van der Waals surface area contributed by atoms with E-state index in [1.165, 1.54) is 6.07 Å². The lowest BCUT2D eigenvalue weighted by Crippen LogP contribution is -2.52. The third-order valence-corrected chi connectivity index (χ3v) is 4.88. The quantitative estimate of drug-likeness (QED) is 0.642. The van der Waals surface area contributed by atoms with Crippen LogP contribution in [-0.4, -0.2) is 36.0 Å². The first kappa shape index (κ1) is 22.8. The van der Waals surface area contributed by atoms with Crippen molar-refractivity contribution in [1.82, 2.24) is 15.8 Å². The molecule has 1 heterocycles. The number of hydrogen-bond acceptors (Lipinski definition) is 4. The molecule has 1 amide bonds. The number of nitrogens with zero attached hydrogens (tertiary/aromatic N) is 1. The fraction of sp³-hybridized carbons (Fsp3) is 0.632. The van der Waals surface area contributed by atoms with Crippen LogP contribution in [0.25, 0.3) is 0 Å². The number of amides is 1. The molecule has 0 aliphatic carbocycles. The summed E-state index contributed by atoms with van der Waals surface area (Å²) in [5, 5.41) is 0. The minimum Gasteiger partial charge on any atom is -0.344 e. The lowest BCUT2D eigenvalue weighted by Gasteiger charge is -2.29. The maximum Gasteiger partial charge on any atom is 0.242 e. The summed E-state index contributed by atoms with van der Waals surface area (Å²) in [6, 6.07) is 7.14. The number of nitrogens with two attached hydrogens (primary N) is 1. The molecule has 0 radical (unpaired) electrons. The summed E-state index contributed by atoms with van der Waals surface area (Å²) in [7, 11) is 1.82. The minimum atomic E-state index is -0.779. The molecule has 7 heteroatoms. The van der Waals surface area contributed by atoms with Gasteiger partial charge in [0.2, 0.25) is 5.91 Å². The molecule has 0 aromatic heterocycles. The highest BCUT2D eigenvalue weighted by Gasteiger charge is 2.30. The molecule has 1 fully saturated rings. The van der Waals surface area contributed by atoms with E-state index in [2.05, 4.69) is 10.9 Å². The number of likely N-dealkylation sites (N-methyl/N-ethyl adjacent to an activating group) is 1. The highest BCUT2D eigenvalue weighted by atomic mass is 35.5. The minimum absolute atomic E-state index is 0. The normalized spacial score (nSPS) is 21.7. The lowest BCUT2D eigenvalue weighted by atomic mass is 9.95. The Morgan fingerprint density at radius 2 is 2.15 bits per heavy atom. The summed E-state index contributed by atoms with van der Waals surface area (Å²) >= 11 is 0. The Morgan fingerprint density at radius 3 is 2.81 bits per heavy atom. The van der Waals surface area contributed by atoms with Gasteiger partial charge in [-0.3, -0.25) is 15.6 Å². The van der Waals surface area contributed by atoms with Crippen LogP contribution in [0.3, 0.4) is 0 Å². The number of hydrogen-bond donors (Lipinski definition) is 3. The maximum absolute atomic E-state index is 13.3. The molecule has 1 aromatic rings. The molecule has 5 nitrogen and oxygen atoms in total. The van der Waals surface area contributed by atoms with E-state index in [4.69, 9.17) is 5.73 Å². The van der Waals surface area contributed by atoms with Gasteiger partial charge in [0.15, 0.2) is 0 Å². The molecule has 1 aromatic carbocycles. The summed E-state index contributed by atoms with van der Waals surface area (Å²) in [5.41, 5.74) is 12.8. The van der Waals surface area contributed by atoms with Gasteiger partial charge in [0.05, 0.1) is 5.54 Å². The average Bonchev–Trinajstić information content (AvgIpc) is 3.03. The van der Waals surface area contributed by atoms with Crippen LogP contribution in [0.15, 0.2) is 24.3 Å². The highest BCUT2D eigenvalue weighted by Crippen LogP contribution is 2.24. The van der Waals surface area contributed by atoms with Crippen LogP contribution in [0.1, 0.15) is 57.6 Å². The topological polar surface area (TPSA) is 70.4 Å². The van der Waals surface area contributed by atoms with Crippen LogP contribution in [0.2, 0.25) is 0 Å². The van der Waals surface area contributed by atoms with Gasteiger partial charge >= 0.3 is 0 Å². The Hall–Kier alpha value is -1.21. The molecule has 1 aliphatic rings. The van der Waals surface area contributed by atoms with Gasteiger partial charge in [-0.05, 0) is 50.3 Å². The van der Waals surface area contributed by atoms with Crippen LogP contribution in [0, 0.1) is 5.82 Å².